The molecular weight excluding hydrogens is 417 g/mol. The van der Waals surface area contributed by atoms with Gasteiger partial charge >= 0.3 is 0 Å². The highest BCUT2D eigenvalue weighted by Crippen LogP contribution is 2.25. The molecule has 1 aliphatic rings. The number of halogens is 1. The van der Waals surface area contributed by atoms with Gasteiger partial charge in [0, 0.05) is 43.6 Å². The van der Waals surface area contributed by atoms with Gasteiger partial charge in [-0.1, -0.05) is 24.3 Å². The van der Waals surface area contributed by atoms with E-state index >= 15 is 0 Å². The van der Waals surface area contributed by atoms with Gasteiger partial charge in [0.2, 0.25) is 0 Å². The number of likely N-dealkylation sites (N-methyl/N-ethyl adjacent to an activating group) is 1. The largest absolute Gasteiger partial charge is 0.373 e. The lowest BCUT2D eigenvalue weighted by atomic mass is 10.1. The van der Waals surface area contributed by atoms with Gasteiger partial charge in [-0.25, -0.2) is 12.8 Å². The monoisotopic (exact) mass is 439 g/mol. The summed E-state index contributed by atoms with van der Waals surface area (Å²) in [6, 6.07) is 18.9. The van der Waals surface area contributed by atoms with Crippen LogP contribution in [0.25, 0.3) is 0 Å². The zero-order chi connectivity index (χ0) is 22.0. The number of rotatable bonds is 4. The van der Waals surface area contributed by atoms with E-state index in [-0.39, 0.29) is 16.5 Å². The molecule has 31 heavy (non-hydrogen) atoms. The summed E-state index contributed by atoms with van der Waals surface area (Å²) in [6.45, 7) is 1.64. The predicted octanol–water partition coefficient (Wildman–Crippen LogP) is 3.72. The van der Waals surface area contributed by atoms with E-state index < -0.39 is 15.8 Å². The minimum absolute atomic E-state index is 0.0324. The molecule has 0 spiro atoms. The molecule has 0 aromatic heterocycles. The highest BCUT2D eigenvalue weighted by Gasteiger charge is 2.23. The van der Waals surface area contributed by atoms with Gasteiger partial charge in [-0.2, -0.15) is 0 Å². The zero-order valence-electron chi connectivity index (χ0n) is 17.0. The van der Waals surface area contributed by atoms with Crippen molar-refractivity contribution in [2.45, 2.75) is 11.4 Å². The summed E-state index contributed by atoms with van der Waals surface area (Å²) in [5.74, 6) is -0.691. The maximum atomic E-state index is 13.2. The van der Waals surface area contributed by atoms with E-state index in [2.05, 4.69) is 9.62 Å². The SMILES string of the molecule is CN1CCN(C(=O)c2cccc(S(=O)(=O)Nc3ccc(F)cc3)c2)Cc2ccccc21. The molecule has 0 aliphatic carbocycles. The van der Waals surface area contributed by atoms with Gasteiger partial charge in [-0.15, -0.1) is 0 Å². The van der Waals surface area contributed by atoms with Crippen LogP contribution in [-0.4, -0.2) is 39.4 Å². The topological polar surface area (TPSA) is 69.7 Å². The van der Waals surface area contributed by atoms with Crippen LogP contribution in [0.1, 0.15) is 15.9 Å². The Hall–Kier alpha value is -3.39. The van der Waals surface area contributed by atoms with Crippen molar-refractivity contribution in [3.63, 3.8) is 0 Å². The van der Waals surface area contributed by atoms with E-state index in [4.69, 9.17) is 0 Å². The third-order valence-electron chi connectivity index (χ3n) is 5.24. The number of benzene rings is 3. The first-order valence-electron chi connectivity index (χ1n) is 9.80. The normalized spacial score (nSPS) is 14.0. The number of amides is 1. The molecule has 0 saturated heterocycles. The van der Waals surface area contributed by atoms with Crippen molar-refractivity contribution in [3.8, 4) is 0 Å². The van der Waals surface area contributed by atoms with Crippen LogP contribution in [0.2, 0.25) is 0 Å². The summed E-state index contributed by atoms with van der Waals surface area (Å²) in [5.41, 5.74) is 2.66. The molecule has 0 radical (unpaired) electrons. The Kier molecular flexibility index (Phi) is 5.65. The lowest BCUT2D eigenvalue weighted by Crippen LogP contribution is -2.34. The molecule has 0 fully saturated rings. The highest BCUT2D eigenvalue weighted by molar-refractivity contribution is 7.92. The van der Waals surface area contributed by atoms with E-state index in [1.807, 2.05) is 31.3 Å². The average Bonchev–Trinajstić information content (AvgIpc) is 2.94. The van der Waals surface area contributed by atoms with Gasteiger partial charge in [-0.3, -0.25) is 9.52 Å². The summed E-state index contributed by atoms with van der Waals surface area (Å²) in [7, 11) is -1.94. The Morgan fingerprint density at radius 2 is 1.71 bits per heavy atom. The predicted molar refractivity (Wildman–Crippen MR) is 118 cm³/mol. The smallest absolute Gasteiger partial charge is 0.261 e. The fourth-order valence-electron chi connectivity index (χ4n) is 3.58. The summed E-state index contributed by atoms with van der Waals surface area (Å²) in [5, 5.41) is 0. The summed E-state index contributed by atoms with van der Waals surface area (Å²) in [4.78, 5) is 17.0. The molecule has 0 unspecified atom stereocenters. The van der Waals surface area contributed by atoms with Crippen LogP contribution in [0.4, 0.5) is 15.8 Å². The molecule has 3 aromatic rings. The maximum Gasteiger partial charge on any atom is 0.261 e. The number of hydrogen-bond donors (Lipinski definition) is 1. The van der Waals surface area contributed by atoms with Crippen molar-refractivity contribution in [1.82, 2.24) is 4.90 Å². The highest BCUT2D eigenvalue weighted by atomic mass is 32.2. The van der Waals surface area contributed by atoms with E-state index in [0.29, 0.717) is 25.2 Å². The maximum absolute atomic E-state index is 13.2. The molecule has 4 rings (SSSR count). The van der Waals surface area contributed by atoms with Gasteiger partial charge in [0.15, 0.2) is 0 Å². The number of sulfonamides is 1. The number of fused-ring (bicyclic) bond motifs is 1. The second-order valence-electron chi connectivity index (χ2n) is 7.42. The Bertz CT molecular complexity index is 1210. The molecule has 1 amide bonds. The molecular formula is C23H22FN3O3S. The molecule has 1 N–H and O–H groups in total. The van der Waals surface area contributed by atoms with Crippen LogP contribution in [0, 0.1) is 5.82 Å². The van der Waals surface area contributed by atoms with Crippen LogP contribution in [0.5, 0.6) is 0 Å². The number of anilines is 2. The Balaban J connectivity index is 1.58. The van der Waals surface area contributed by atoms with E-state index in [0.717, 1.165) is 11.3 Å². The van der Waals surface area contributed by atoms with Crippen molar-refractivity contribution in [1.29, 1.82) is 0 Å². The lowest BCUT2D eigenvalue weighted by molar-refractivity contribution is 0.0751. The van der Waals surface area contributed by atoms with Crippen LogP contribution < -0.4 is 9.62 Å². The molecule has 0 atom stereocenters. The van der Waals surface area contributed by atoms with Crippen molar-refractivity contribution >= 4 is 27.3 Å². The average molecular weight is 440 g/mol. The van der Waals surface area contributed by atoms with Gasteiger partial charge < -0.3 is 9.80 Å². The first kappa shape index (κ1) is 20.9. The molecule has 8 heteroatoms. The molecule has 160 valence electrons. The summed E-state index contributed by atoms with van der Waals surface area (Å²) >= 11 is 0. The van der Waals surface area contributed by atoms with Crippen LogP contribution >= 0.6 is 0 Å². The third-order valence-corrected chi connectivity index (χ3v) is 6.62. The molecule has 1 heterocycles. The fourth-order valence-corrected chi connectivity index (χ4v) is 4.68. The second kappa shape index (κ2) is 8.39. The molecule has 3 aromatic carbocycles. The number of nitrogens with zero attached hydrogens (tertiary/aromatic N) is 2. The zero-order valence-corrected chi connectivity index (χ0v) is 17.8. The first-order valence-corrected chi connectivity index (χ1v) is 11.3. The minimum Gasteiger partial charge on any atom is -0.373 e. The van der Waals surface area contributed by atoms with Crippen LogP contribution in [-0.2, 0) is 16.6 Å². The quantitative estimate of drug-likeness (QED) is 0.673. The van der Waals surface area contributed by atoms with E-state index in [9.17, 15) is 17.6 Å². The van der Waals surface area contributed by atoms with E-state index in [1.165, 1.54) is 36.4 Å². The molecule has 0 saturated carbocycles. The van der Waals surface area contributed by atoms with Gasteiger partial charge in [-0.05, 0) is 54.1 Å². The van der Waals surface area contributed by atoms with Crippen molar-refractivity contribution in [2.24, 2.45) is 0 Å². The Morgan fingerprint density at radius 1 is 0.968 bits per heavy atom. The standard InChI is InChI=1S/C23H22FN3O3S/c1-26-13-14-27(16-18-5-2-3-8-22(18)26)23(28)17-6-4-7-21(15-17)31(29,30)25-20-11-9-19(24)10-12-20/h2-12,15,25H,13-14,16H2,1H3. The molecule has 1 aliphatic heterocycles. The fraction of sp³-hybridized carbons (Fsp3) is 0.174. The Labute approximate surface area is 181 Å². The number of carbonyl (C=O) groups excluding carboxylic acids is 1. The summed E-state index contributed by atoms with van der Waals surface area (Å²) < 4.78 is 41.0. The van der Waals surface area contributed by atoms with Crippen LogP contribution in [0.15, 0.2) is 77.7 Å². The second-order valence-corrected chi connectivity index (χ2v) is 9.10. The molecule has 0 bridgehead atoms. The lowest BCUT2D eigenvalue weighted by Gasteiger charge is -2.21. The van der Waals surface area contributed by atoms with Gasteiger partial charge in [0.05, 0.1) is 4.90 Å². The van der Waals surface area contributed by atoms with Crippen molar-refractivity contribution in [2.75, 3.05) is 29.8 Å². The first-order chi connectivity index (χ1) is 14.8. The van der Waals surface area contributed by atoms with Crippen molar-refractivity contribution < 1.29 is 17.6 Å². The van der Waals surface area contributed by atoms with Gasteiger partial charge in [0.25, 0.3) is 15.9 Å². The van der Waals surface area contributed by atoms with Crippen molar-refractivity contribution in [3.05, 3.63) is 89.7 Å². The number of nitrogens with one attached hydrogen (secondary N) is 1. The number of para-hydroxylation sites is 1. The summed E-state index contributed by atoms with van der Waals surface area (Å²) in [6.07, 6.45) is 0. The molecule has 6 nitrogen and oxygen atoms in total. The van der Waals surface area contributed by atoms with E-state index in [1.54, 1.807) is 17.0 Å². The third kappa shape index (κ3) is 4.54. The Morgan fingerprint density at radius 3 is 2.48 bits per heavy atom. The minimum atomic E-state index is -3.93. The number of carbonyl (C=O) groups is 1. The van der Waals surface area contributed by atoms with Crippen LogP contribution in [0.3, 0.4) is 0 Å². The van der Waals surface area contributed by atoms with Gasteiger partial charge in [0.1, 0.15) is 5.82 Å². The number of hydrogen-bond acceptors (Lipinski definition) is 4.